The quantitative estimate of drug-likeness (QED) is 0.321. The van der Waals surface area contributed by atoms with E-state index < -0.39 is 18.0 Å². The maximum Gasteiger partial charge on any atom is 0.330 e. The summed E-state index contributed by atoms with van der Waals surface area (Å²) in [7, 11) is 5.64. The van der Waals surface area contributed by atoms with Crippen molar-refractivity contribution < 1.29 is 23.9 Å². The fourth-order valence-corrected chi connectivity index (χ4v) is 1.15. The van der Waals surface area contributed by atoms with Gasteiger partial charge in [-0.25, -0.2) is 4.79 Å². The van der Waals surface area contributed by atoms with Crippen molar-refractivity contribution >= 4 is 11.9 Å². The normalized spacial score (nSPS) is 13.0. The number of ether oxygens (including phenoxy) is 1. The van der Waals surface area contributed by atoms with Crippen molar-refractivity contribution in [2.45, 2.75) is 12.5 Å². The number of hydrogen-bond acceptors (Lipinski definition) is 4. The van der Waals surface area contributed by atoms with Gasteiger partial charge in [-0.15, -0.1) is 0 Å². The van der Waals surface area contributed by atoms with Crippen molar-refractivity contribution in [1.29, 1.82) is 0 Å². The van der Waals surface area contributed by atoms with E-state index in [1.54, 1.807) is 0 Å². The van der Waals surface area contributed by atoms with E-state index in [9.17, 15) is 14.7 Å². The molecule has 0 spiro atoms. The van der Waals surface area contributed by atoms with E-state index in [1.807, 2.05) is 21.1 Å². The molecule has 0 saturated carbocycles. The molecular weight excluding hydrogens is 198 g/mol. The van der Waals surface area contributed by atoms with Gasteiger partial charge >= 0.3 is 5.97 Å². The van der Waals surface area contributed by atoms with Gasteiger partial charge < -0.3 is 19.1 Å². The lowest BCUT2D eigenvalue weighted by Gasteiger charge is -2.28. The minimum Gasteiger partial charge on any atom is -0.550 e. The molecule has 0 bridgehead atoms. The van der Waals surface area contributed by atoms with E-state index >= 15 is 0 Å². The molecule has 0 fully saturated rings. The highest BCUT2D eigenvalue weighted by atomic mass is 16.5. The van der Waals surface area contributed by atoms with E-state index in [0.717, 1.165) is 6.08 Å². The van der Waals surface area contributed by atoms with Crippen molar-refractivity contribution in [3.05, 3.63) is 12.7 Å². The summed E-state index contributed by atoms with van der Waals surface area (Å²) in [6.45, 7) is 3.66. The molecule has 0 aromatic carbocycles. The second-order valence-corrected chi connectivity index (χ2v) is 4.31. The summed E-state index contributed by atoms with van der Waals surface area (Å²) in [6, 6.07) is 0. The number of hydrogen-bond donors (Lipinski definition) is 0. The molecule has 0 aliphatic rings. The van der Waals surface area contributed by atoms with Crippen LogP contribution in [0.4, 0.5) is 0 Å². The number of rotatable bonds is 6. The van der Waals surface area contributed by atoms with Crippen LogP contribution in [-0.2, 0) is 14.3 Å². The SMILES string of the molecule is C=CC(=O)O[C@@H](CC(=O)[O-])C[N+](C)(C)C. The molecular formula is C10H17NO4. The first-order valence-electron chi connectivity index (χ1n) is 4.58. The van der Waals surface area contributed by atoms with Gasteiger partial charge in [0.05, 0.1) is 21.1 Å². The summed E-state index contributed by atoms with van der Waals surface area (Å²) in [6.07, 6.45) is 0.0352. The van der Waals surface area contributed by atoms with E-state index in [0.29, 0.717) is 11.0 Å². The molecule has 0 amide bonds. The Hall–Kier alpha value is -1.36. The third-order valence-electron chi connectivity index (χ3n) is 1.60. The van der Waals surface area contributed by atoms with Crippen LogP contribution in [0, 0.1) is 0 Å². The van der Waals surface area contributed by atoms with Crippen LogP contribution in [0.1, 0.15) is 6.42 Å². The van der Waals surface area contributed by atoms with Crippen LogP contribution in [0.5, 0.6) is 0 Å². The van der Waals surface area contributed by atoms with Gasteiger partial charge in [0.25, 0.3) is 0 Å². The van der Waals surface area contributed by atoms with Gasteiger partial charge in [-0.3, -0.25) is 0 Å². The maximum absolute atomic E-state index is 10.9. The van der Waals surface area contributed by atoms with Gasteiger partial charge in [0, 0.05) is 18.5 Å². The summed E-state index contributed by atoms with van der Waals surface area (Å²) < 4.78 is 5.40. The number of carboxylic acid groups (broad SMARTS) is 1. The molecule has 0 saturated heterocycles. The zero-order valence-electron chi connectivity index (χ0n) is 9.36. The van der Waals surface area contributed by atoms with Crippen LogP contribution in [0.15, 0.2) is 12.7 Å². The van der Waals surface area contributed by atoms with Gasteiger partial charge in [-0.05, 0) is 0 Å². The lowest BCUT2D eigenvalue weighted by Crippen LogP contribution is -2.45. The number of carbonyl (C=O) groups excluding carboxylic acids is 2. The summed E-state index contributed by atoms with van der Waals surface area (Å²) >= 11 is 0. The second kappa shape index (κ2) is 5.50. The zero-order valence-corrected chi connectivity index (χ0v) is 9.36. The van der Waals surface area contributed by atoms with Gasteiger partial charge in [-0.1, -0.05) is 6.58 Å². The maximum atomic E-state index is 10.9. The Bertz CT molecular complexity index is 255. The minimum absolute atomic E-state index is 0.297. The Kier molecular flexibility index (Phi) is 5.00. The van der Waals surface area contributed by atoms with Crippen molar-refractivity contribution in [3.8, 4) is 0 Å². The molecule has 15 heavy (non-hydrogen) atoms. The topological polar surface area (TPSA) is 66.4 Å². The Labute approximate surface area is 89.5 Å². The molecule has 0 unspecified atom stereocenters. The molecule has 0 aromatic heterocycles. The Morgan fingerprint density at radius 2 is 2.00 bits per heavy atom. The number of aliphatic carboxylic acids is 1. The molecule has 5 nitrogen and oxygen atoms in total. The molecule has 0 N–H and O–H groups in total. The smallest absolute Gasteiger partial charge is 0.330 e. The number of carbonyl (C=O) groups is 2. The third kappa shape index (κ3) is 7.69. The van der Waals surface area contributed by atoms with Crippen LogP contribution in [0.2, 0.25) is 0 Å². The Morgan fingerprint density at radius 1 is 1.47 bits per heavy atom. The van der Waals surface area contributed by atoms with Gasteiger partial charge in [0.2, 0.25) is 0 Å². The lowest BCUT2D eigenvalue weighted by atomic mass is 10.2. The minimum atomic E-state index is -1.23. The van der Waals surface area contributed by atoms with Crippen LogP contribution in [0.25, 0.3) is 0 Å². The first kappa shape index (κ1) is 13.6. The Balaban J connectivity index is 4.37. The van der Waals surface area contributed by atoms with E-state index in [-0.39, 0.29) is 6.42 Å². The average Bonchev–Trinajstić information content (AvgIpc) is 1.99. The molecule has 0 aliphatic heterocycles. The van der Waals surface area contributed by atoms with Crippen molar-refractivity contribution in [3.63, 3.8) is 0 Å². The van der Waals surface area contributed by atoms with Crippen molar-refractivity contribution in [2.24, 2.45) is 0 Å². The number of esters is 1. The first-order chi connectivity index (χ1) is 6.74. The van der Waals surface area contributed by atoms with Gasteiger partial charge in [-0.2, -0.15) is 0 Å². The number of quaternary nitrogens is 1. The van der Waals surface area contributed by atoms with Crippen LogP contribution in [0.3, 0.4) is 0 Å². The highest BCUT2D eigenvalue weighted by molar-refractivity contribution is 5.81. The second-order valence-electron chi connectivity index (χ2n) is 4.31. The Morgan fingerprint density at radius 3 is 2.33 bits per heavy atom. The van der Waals surface area contributed by atoms with E-state index in [4.69, 9.17) is 4.74 Å². The van der Waals surface area contributed by atoms with Crippen molar-refractivity contribution in [2.75, 3.05) is 27.7 Å². The van der Waals surface area contributed by atoms with Crippen LogP contribution in [-0.4, -0.2) is 50.2 Å². The number of carboxylic acids is 1. The molecule has 1 atom stereocenters. The fourth-order valence-electron chi connectivity index (χ4n) is 1.15. The summed E-state index contributed by atoms with van der Waals surface area (Å²) in [5, 5.41) is 10.4. The molecule has 0 rings (SSSR count). The predicted molar refractivity (Wildman–Crippen MR) is 52.6 cm³/mol. The summed E-state index contributed by atoms with van der Waals surface area (Å²) in [5.74, 6) is -1.85. The van der Waals surface area contributed by atoms with E-state index in [1.165, 1.54) is 0 Å². The van der Waals surface area contributed by atoms with Gasteiger partial charge in [0.1, 0.15) is 6.54 Å². The summed E-state index contributed by atoms with van der Waals surface area (Å²) in [4.78, 5) is 21.4. The fraction of sp³-hybridized carbons (Fsp3) is 0.600. The monoisotopic (exact) mass is 215 g/mol. The summed E-state index contributed by atoms with van der Waals surface area (Å²) in [5.41, 5.74) is 0. The first-order valence-corrected chi connectivity index (χ1v) is 4.58. The van der Waals surface area contributed by atoms with E-state index in [2.05, 4.69) is 6.58 Å². The molecule has 5 heteroatoms. The molecule has 0 radical (unpaired) electrons. The lowest BCUT2D eigenvalue weighted by molar-refractivity contribution is -0.873. The standard InChI is InChI=1S/C10H17NO4/c1-5-10(14)15-8(6-9(12)13)7-11(2,3)4/h5,8H,1,6-7H2,2-4H3/t8-/m0/s1. The molecule has 0 aliphatic carbocycles. The molecule has 86 valence electrons. The van der Waals surface area contributed by atoms with Gasteiger partial charge in [0.15, 0.2) is 6.10 Å². The zero-order chi connectivity index (χ0) is 12.1. The number of nitrogens with zero attached hydrogens (tertiary/aromatic N) is 1. The highest BCUT2D eigenvalue weighted by Gasteiger charge is 2.21. The number of likely N-dealkylation sites (N-methyl/N-ethyl adjacent to an activating group) is 1. The largest absolute Gasteiger partial charge is 0.550 e. The van der Waals surface area contributed by atoms with Crippen LogP contribution >= 0.6 is 0 Å². The molecule has 0 heterocycles. The highest BCUT2D eigenvalue weighted by Crippen LogP contribution is 2.04. The molecule has 0 aromatic rings. The average molecular weight is 215 g/mol. The van der Waals surface area contributed by atoms with Crippen molar-refractivity contribution in [1.82, 2.24) is 0 Å². The third-order valence-corrected chi connectivity index (χ3v) is 1.60. The van der Waals surface area contributed by atoms with Crippen LogP contribution < -0.4 is 5.11 Å². The predicted octanol–water partition coefficient (Wildman–Crippen LogP) is -1.07.